The quantitative estimate of drug-likeness (QED) is 0.248. The number of anilines is 1. The zero-order valence-electron chi connectivity index (χ0n) is 18.7. The van der Waals surface area contributed by atoms with Gasteiger partial charge < -0.3 is 4.74 Å². The Balaban J connectivity index is 1.46. The number of aliphatic imine (C=N–C) groups is 1. The summed E-state index contributed by atoms with van der Waals surface area (Å²) in [5.74, 6) is 0.552. The molecule has 1 fully saturated rings. The van der Waals surface area contributed by atoms with E-state index in [1.54, 1.807) is 4.90 Å². The Hall–Kier alpha value is -3.39. The van der Waals surface area contributed by atoms with Crippen molar-refractivity contribution in [2.24, 2.45) is 4.99 Å². The zero-order valence-corrected chi connectivity index (χ0v) is 21.1. The van der Waals surface area contributed by atoms with Gasteiger partial charge in [0.25, 0.3) is 5.91 Å². The van der Waals surface area contributed by atoms with Gasteiger partial charge in [-0.15, -0.1) is 11.3 Å². The number of hydrogen-bond acceptors (Lipinski definition) is 6. The normalized spacial score (nSPS) is 15.8. The molecule has 35 heavy (non-hydrogen) atoms. The number of rotatable bonds is 6. The van der Waals surface area contributed by atoms with Crippen LogP contribution < -0.4 is 9.64 Å². The van der Waals surface area contributed by atoms with Gasteiger partial charge in [0, 0.05) is 16.0 Å². The van der Waals surface area contributed by atoms with E-state index in [2.05, 4.69) is 4.98 Å². The molecule has 2 heterocycles. The van der Waals surface area contributed by atoms with Gasteiger partial charge in [-0.3, -0.25) is 9.69 Å². The van der Waals surface area contributed by atoms with Crippen LogP contribution in [0.15, 0.2) is 94.1 Å². The number of carbonyl (C=O) groups is 1. The summed E-state index contributed by atoms with van der Waals surface area (Å²) in [6.45, 7) is 2.32. The van der Waals surface area contributed by atoms with E-state index in [-0.39, 0.29) is 5.91 Å². The molecule has 1 aliphatic rings. The van der Waals surface area contributed by atoms with Crippen molar-refractivity contribution in [1.82, 2.24) is 4.98 Å². The zero-order chi connectivity index (χ0) is 24.2. The Labute approximate surface area is 216 Å². The van der Waals surface area contributed by atoms with Crippen molar-refractivity contribution in [3.8, 4) is 5.75 Å². The van der Waals surface area contributed by atoms with Crippen LogP contribution in [0.25, 0.3) is 6.08 Å². The van der Waals surface area contributed by atoms with Crippen LogP contribution in [0.3, 0.4) is 0 Å². The molecule has 1 saturated heterocycles. The van der Waals surface area contributed by atoms with Crippen LogP contribution in [-0.4, -0.2) is 16.1 Å². The van der Waals surface area contributed by atoms with Crippen molar-refractivity contribution in [3.05, 3.63) is 111 Å². The van der Waals surface area contributed by atoms with E-state index in [0.717, 1.165) is 22.5 Å². The van der Waals surface area contributed by atoms with Crippen LogP contribution >= 0.6 is 34.7 Å². The first-order chi connectivity index (χ1) is 17.1. The molecule has 1 amide bonds. The SMILES string of the molecule is Cc1csc(/N=C2/S/C(=C\c3ccccc3OCc3ccc(Cl)cc3)C(=O)N2c2ccccc2)n1. The maximum atomic E-state index is 13.5. The van der Waals surface area contributed by atoms with Crippen molar-refractivity contribution < 1.29 is 9.53 Å². The summed E-state index contributed by atoms with van der Waals surface area (Å²) in [5, 5.41) is 3.82. The van der Waals surface area contributed by atoms with Crippen molar-refractivity contribution in [2.45, 2.75) is 13.5 Å². The second kappa shape index (κ2) is 10.5. The molecule has 0 bridgehead atoms. The summed E-state index contributed by atoms with van der Waals surface area (Å²) < 4.78 is 6.08. The van der Waals surface area contributed by atoms with Crippen LogP contribution in [0.4, 0.5) is 10.8 Å². The predicted molar refractivity (Wildman–Crippen MR) is 146 cm³/mol. The van der Waals surface area contributed by atoms with E-state index in [0.29, 0.717) is 32.6 Å². The van der Waals surface area contributed by atoms with Gasteiger partial charge in [0.15, 0.2) is 5.17 Å². The third kappa shape index (κ3) is 5.48. The number of hydrogen-bond donors (Lipinski definition) is 0. The first-order valence-electron chi connectivity index (χ1n) is 10.8. The molecule has 0 spiro atoms. The fourth-order valence-electron chi connectivity index (χ4n) is 3.44. The van der Waals surface area contributed by atoms with Crippen molar-refractivity contribution in [1.29, 1.82) is 0 Å². The second-order valence-electron chi connectivity index (χ2n) is 7.71. The van der Waals surface area contributed by atoms with E-state index in [9.17, 15) is 4.79 Å². The highest BCUT2D eigenvalue weighted by Gasteiger charge is 2.35. The fraction of sp³-hybridized carbons (Fsp3) is 0.0741. The molecular weight excluding hydrogens is 498 g/mol. The Morgan fingerprint density at radius 2 is 1.77 bits per heavy atom. The number of ether oxygens (including phenoxy) is 1. The maximum absolute atomic E-state index is 13.5. The van der Waals surface area contributed by atoms with E-state index in [1.165, 1.54) is 23.1 Å². The molecule has 8 heteroatoms. The number of aromatic nitrogens is 1. The monoisotopic (exact) mass is 517 g/mol. The van der Waals surface area contributed by atoms with Crippen LogP contribution in [-0.2, 0) is 11.4 Å². The largest absolute Gasteiger partial charge is 0.488 e. The van der Waals surface area contributed by atoms with E-state index >= 15 is 0 Å². The minimum atomic E-state index is -0.138. The van der Waals surface area contributed by atoms with Crippen molar-refractivity contribution in [3.63, 3.8) is 0 Å². The summed E-state index contributed by atoms with van der Waals surface area (Å²) in [7, 11) is 0. The summed E-state index contributed by atoms with van der Waals surface area (Å²) in [6.07, 6.45) is 1.86. The first kappa shape index (κ1) is 23.4. The van der Waals surface area contributed by atoms with Crippen LogP contribution in [0.1, 0.15) is 16.8 Å². The summed E-state index contributed by atoms with van der Waals surface area (Å²) in [5.41, 5.74) is 3.48. The molecule has 0 unspecified atom stereocenters. The first-order valence-corrected chi connectivity index (χ1v) is 12.9. The Bertz CT molecular complexity index is 1420. The lowest BCUT2D eigenvalue weighted by atomic mass is 10.1. The van der Waals surface area contributed by atoms with Crippen LogP contribution in [0, 0.1) is 6.92 Å². The van der Waals surface area contributed by atoms with Gasteiger partial charge in [-0.25, -0.2) is 4.98 Å². The van der Waals surface area contributed by atoms with Crippen LogP contribution in [0.5, 0.6) is 5.75 Å². The van der Waals surface area contributed by atoms with E-state index < -0.39 is 0 Å². The van der Waals surface area contributed by atoms with Crippen molar-refractivity contribution >= 4 is 62.7 Å². The number of thiazole rings is 1. The van der Waals surface area contributed by atoms with Crippen molar-refractivity contribution in [2.75, 3.05) is 4.90 Å². The minimum Gasteiger partial charge on any atom is -0.488 e. The fourth-order valence-corrected chi connectivity index (χ4v) is 5.26. The van der Waals surface area contributed by atoms with Gasteiger partial charge in [0.2, 0.25) is 5.13 Å². The predicted octanol–water partition coefficient (Wildman–Crippen LogP) is 7.49. The molecule has 3 aromatic carbocycles. The average molecular weight is 518 g/mol. The molecule has 4 aromatic rings. The number of amidine groups is 1. The van der Waals surface area contributed by atoms with Gasteiger partial charge in [-0.1, -0.05) is 60.1 Å². The number of aryl methyl sites for hydroxylation is 1. The Kier molecular flexibility index (Phi) is 6.99. The van der Waals surface area contributed by atoms with Gasteiger partial charge >= 0.3 is 0 Å². The highest BCUT2D eigenvalue weighted by Crippen LogP contribution is 2.38. The molecule has 0 saturated carbocycles. The number of amides is 1. The highest BCUT2D eigenvalue weighted by atomic mass is 35.5. The molecule has 0 N–H and O–H groups in total. The Morgan fingerprint density at radius 3 is 2.51 bits per heavy atom. The van der Waals surface area contributed by atoms with Gasteiger partial charge in [-0.05, 0) is 60.7 Å². The molecule has 5 rings (SSSR count). The number of halogens is 1. The standard InChI is InChI=1S/C27H20ClN3O2S2/c1-18-17-34-26(29-18)30-27-31(22-8-3-2-4-9-22)25(32)24(35-27)15-20-7-5-6-10-23(20)33-16-19-11-13-21(28)14-12-19/h2-15,17H,16H2,1H3/b24-15-,30-27+. The number of carbonyl (C=O) groups excluding carboxylic acids is 1. The third-order valence-electron chi connectivity index (χ3n) is 5.13. The molecule has 0 aliphatic carbocycles. The molecule has 1 aliphatic heterocycles. The number of thioether (sulfide) groups is 1. The van der Waals surface area contributed by atoms with Crippen LogP contribution in [0.2, 0.25) is 5.02 Å². The van der Waals surface area contributed by atoms with Gasteiger partial charge in [0.05, 0.1) is 16.3 Å². The lowest BCUT2D eigenvalue weighted by Crippen LogP contribution is -2.28. The molecule has 174 valence electrons. The van der Waals surface area contributed by atoms with E-state index in [4.69, 9.17) is 21.3 Å². The maximum Gasteiger partial charge on any atom is 0.271 e. The van der Waals surface area contributed by atoms with Gasteiger partial charge in [-0.2, -0.15) is 4.99 Å². The molecule has 1 aromatic heterocycles. The lowest BCUT2D eigenvalue weighted by molar-refractivity contribution is -0.113. The summed E-state index contributed by atoms with van der Waals surface area (Å²) in [4.78, 5) is 24.8. The lowest BCUT2D eigenvalue weighted by Gasteiger charge is -2.15. The minimum absolute atomic E-state index is 0.138. The van der Waals surface area contributed by atoms with E-state index in [1.807, 2.05) is 97.2 Å². The molecular formula is C27H20ClN3O2S2. The van der Waals surface area contributed by atoms with Gasteiger partial charge in [0.1, 0.15) is 12.4 Å². The number of nitrogens with zero attached hydrogens (tertiary/aromatic N) is 3. The highest BCUT2D eigenvalue weighted by molar-refractivity contribution is 8.19. The average Bonchev–Trinajstić information content (AvgIpc) is 3.42. The molecule has 5 nitrogen and oxygen atoms in total. The second-order valence-corrected chi connectivity index (χ2v) is 9.99. The summed E-state index contributed by atoms with van der Waals surface area (Å²) in [6, 6.07) is 24.7. The number of benzene rings is 3. The molecule has 0 atom stereocenters. The third-order valence-corrected chi connectivity index (χ3v) is 7.21. The number of para-hydroxylation sites is 2. The molecule has 0 radical (unpaired) electrons. The topological polar surface area (TPSA) is 54.8 Å². The smallest absolute Gasteiger partial charge is 0.271 e. The Morgan fingerprint density at radius 1 is 1.03 bits per heavy atom. The summed E-state index contributed by atoms with van der Waals surface area (Å²) >= 11 is 8.76.